The molecule has 5 nitrogen and oxygen atoms in total. The maximum Gasteiger partial charge on any atom is 0.403 e. The zero-order chi connectivity index (χ0) is 23.8. The van der Waals surface area contributed by atoms with Crippen LogP contribution in [0.15, 0.2) is 35.3 Å². The summed E-state index contributed by atoms with van der Waals surface area (Å²) < 4.78 is 40.3. The van der Waals surface area contributed by atoms with Crippen LogP contribution in [0.25, 0.3) is 11.8 Å². The van der Waals surface area contributed by atoms with Gasteiger partial charge in [-0.3, -0.25) is 0 Å². The number of hydrogen-bond acceptors (Lipinski definition) is 4. The monoisotopic (exact) mass is 458 g/mol. The predicted octanol–water partition coefficient (Wildman–Crippen LogP) is 3.73. The van der Waals surface area contributed by atoms with E-state index in [0.29, 0.717) is 24.4 Å². The van der Waals surface area contributed by atoms with Gasteiger partial charge in [0.05, 0.1) is 22.4 Å². The molecule has 3 aliphatic rings. The fourth-order valence-electron chi connectivity index (χ4n) is 4.82. The number of rotatable bonds is 5. The standard InChI is InChI=1S/C25H29F3N4O/c1-15-11-22-19(12-23(15)33)20(13-29)24(32(22)18-5-3-4-6-18)21-8-7-17(14-31-21)9-10-30-16(2)25(26,27)28/h7-8,11,14,16,18,30-31,33H,3-6,9-10,12H2,1-2H3/t16-/m0/s1. The van der Waals surface area contributed by atoms with Gasteiger partial charge in [0.15, 0.2) is 0 Å². The van der Waals surface area contributed by atoms with Crippen molar-refractivity contribution < 1.29 is 18.3 Å². The largest absolute Gasteiger partial charge is 0.512 e. The first-order valence-corrected chi connectivity index (χ1v) is 11.4. The van der Waals surface area contributed by atoms with E-state index in [4.69, 9.17) is 0 Å². The van der Waals surface area contributed by atoms with Gasteiger partial charge >= 0.3 is 6.18 Å². The van der Waals surface area contributed by atoms with E-state index in [9.17, 15) is 23.5 Å². The molecule has 1 aromatic rings. The number of hydrogen-bond donors (Lipinski definition) is 3. The minimum atomic E-state index is -4.26. The molecule has 4 rings (SSSR count). The van der Waals surface area contributed by atoms with Crippen LogP contribution < -0.4 is 21.3 Å². The maximum atomic E-state index is 12.7. The highest BCUT2D eigenvalue weighted by molar-refractivity contribution is 5.64. The average molecular weight is 459 g/mol. The Kier molecular flexibility index (Phi) is 6.44. The first-order valence-electron chi connectivity index (χ1n) is 11.4. The molecular weight excluding hydrogens is 429 g/mol. The Morgan fingerprint density at radius 3 is 2.64 bits per heavy atom. The summed E-state index contributed by atoms with van der Waals surface area (Å²) in [5, 5.41) is 28.0. The quantitative estimate of drug-likeness (QED) is 0.629. The van der Waals surface area contributed by atoms with E-state index in [2.05, 4.69) is 21.3 Å². The Bertz CT molecular complexity index is 1190. The van der Waals surface area contributed by atoms with Crippen LogP contribution in [0, 0.1) is 11.3 Å². The summed E-state index contributed by atoms with van der Waals surface area (Å²) in [5.41, 5.74) is 3.90. The van der Waals surface area contributed by atoms with Crippen molar-refractivity contribution in [2.45, 2.75) is 70.6 Å². The molecule has 1 aromatic heterocycles. The fraction of sp³-hybridized carbons (Fsp3) is 0.480. The average Bonchev–Trinajstić information content (AvgIpc) is 3.40. The second-order valence-corrected chi connectivity index (χ2v) is 9.04. The number of aliphatic hydroxyl groups excluding tert-OH is 1. The molecule has 176 valence electrons. The van der Waals surface area contributed by atoms with Crippen molar-refractivity contribution in [1.82, 2.24) is 15.2 Å². The first kappa shape index (κ1) is 23.2. The maximum absolute atomic E-state index is 12.7. The number of aliphatic hydroxyl groups is 1. The van der Waals surface area contributed by atoms with Crippen LogP contribution in [0.5, 0.6) is 0 Å². The second-order valence-electron chi connectivity index (χ2n) is 9.04. The number of alkyl halides is 3. The van der Waals surface area contributed by atoms with Gasteiger partial charge in [0.2, 0.25) is 0 Å². The van der Waals surface area contributed by atoms with Gasteiger partial charge in [0, 0.05) is 29.6 Å². The molecular formula is C25H29F3N4O. The van der Waals surface area contributed by atoms with Crippen LogP contribution in [0.4, 0.5) is 13.2 Å². The fourth-order valence-corrected chi connectivity index (χ4v) is 4.82. The summed E-state index contributed by atoms with van der Waals surface area (Å²) in [6.07, 6.45) is 8.47. The molecule has 0 aromatic carbocycles. The third-order valence-corrected chi connectivity index (χ3v) is 6.79. The zero-order valence-electron chi connectivity index (χ0n) is 18.9. The van der Waals surface area contributed by atoms with Gasteiger partial charge < -0.3 is 20.3 Å². The highest BCUT2D eigenvalue weighted by Crippen LogP contribution is 2.29. The number of dihydropyridines is 1. The number of fused-ring (bicyclic) bond motifs is 1. The van der Waals surface area contributed by atoms with Gasteiger partial charge in [-0.1, -0.05) is 18.9 Å². The molecule has 0 radical (unpaired) electrons. The summed E-state index contributed by atoms with van der Waals surface area (Å²) in [4.78, 5) is 0. The lowest BCUT2D eigenvalue weighted by Gasteiger charge is -2.19. The van der Waals surface area contributed by atoms with Gasteiger partial charge in [0.1, 0.15) is 12.1 Å². The van der Waals surface area contributed by atoms with Crippen LogP contribution in [0.3, 0.4) is 0 Å². The first-order chi connectivity index (χ1) is 15.7. The van der Waals surface area contributed by atoms with Crippen molar-refractivity contribution in [2.75, 3.05) is 6.54 Å². The smallest absolute Gasteiger partial charge is 0.403 e. The van der Waals surface area contributed by atoms with E-state index in [-0.39, 0.29) is 12.3 Å². The number of halogens is 3. The van der Waals surface area contributed by atoms with Crippen molar-refractivity contribution in [3.05, 3.63) is 57.1 Å². The molecule has 1 fully saturated rings. The van der Waals surface area contributed by atoms with Gasteiger partial charge in [-0.25, -0.2) is 0 Å². The van der Waals surface area contributed by atoms with Crippen LogP contribution in [-0.4, -0.2) is 28.4 Å². The predicted molar refractivity (Wildman–Crippen MR) is 121 cm³/mol. The minimum Gasteiger partial charge on any atom is -0.512 e. The normalized spacial score (nSPS) is 21.3. The molecule has 0 unspecified atom stereocenters. The lowest BCUT2D eigenvalue weighted by Crippen LogP contribution is -2.40. The second kappa shape index (κ2) is 9.14. The Morgan fingerprint density at radius 1 is 1.30 bits per heavy atom. The van der Waals surface area contributed by atoms with E-state index in [0.717, 1.165) is 65.7 Å². The molecule has 0 amide bonds. The Balaban J connectivity index is 1.67. The Morgan fingerprint density at radius 2 is 2.03 bits per heavy atom. The number of nitrogens with zero attached hydrogens (tertiary/aromatic N) is 2. The van der Waals surface area contributed by atoms with Gasteiger partial charge in [-0.2, -0.15) is 18.4 Å². The van der Waals surface area contributed by atoms with Crippen LogP contribution >= 0.6 is 0 Å². The molecule has 2 aliphatic carbocycles. The van der Waals surface area contributed by atoms with E-state index >= 15 is 0 Å². The van der Waals surface area contributed by atoms with E-state index < -0.39 is 12.2 Å². The number of aromatic nitrogens is 1. The minimum absolute atomic E-state index is 0.212. The summed E-state index contributed by atoms with van der Waals surface area (Å²) in [7, 11) is 0. The SMILES string of the molecule is CC1=C(O)Cc2c(C#N)c(=C3C=CC(CCN[C@@H](C)C(F)(F)F)=CN3)n(C3CCCC3)c2=C1. The molecule has 0 bridgehead atoms. The number of nitrogens with one attached hydrogen (secondary N) is 2. The van der Waals surface area contributed by atoms with Crippen LogP contribution in [0.1, 0.15) is 63.1 Å². The number of allylic oxidation sites excluding steroid dienone is 3. The van der Waals surface area contributed by atoms with Gasteiger partial charge in [-0.05, 0) is 63.0 Å². The van der Waals surface area contributed by atoms with Crippen molar-refractivity contribution in [1.29, 1.82) is 5.26 Å². The molecule has 33 heavy (non-hydrogen) atoms. The van der Waals surface area contributed by atoms with Crippen LogP contribution in [-0.2, 0) is 6.42 Å². The van der Waals surface area contributed by atoms with E-state index in [1.165, 1.54) is 0 Å². The van der Waals surface area contributed by atoms with E-state index in [1.54, 1.807) is 6.20 Å². The lowest BCUT2D eigenvalue weighted by molar-refractivity contribution is -0.151. The Hall–Kier alpha value is -2.92. The van der Waals surface area contributed by atoms with Crippen molar-refractivity contribution >= 4 is 11.8 Å². The van der Waals surface area contributed by atoms with E-state index in [1.807, 2.05) is 25.2 Å². The molecule has 1 aliphatic heterocycles. The molecule has 1 atom stereocenters. The summed E-state index contributed by atoms with van der Waals surface area (Å²) in [5.74, 6) is 0.286. The third-order valence-electron chi connectivity index (χ3n) is 6.79. The lowest BCUT2D eigenvalue weighted by atomic mass is 10.00. The van der Waals surface area contributed by atoms with Crippen LogP contribution in [0.2, 0.25) is 0 Å². The molecule has 3 N–H and O–H groups in total. The third kappa shape index (κ3) is 4.60. The Labute approximate surface area is 191 Å². The van der Waals surface area contributed by atoms with Gasteiger partial charge in [0.25, 0.3) is 0 Å². The molecule has 2 heterocycles. The molecule has 0 spiro atoms. The van der Waals surface area contributed by atoms with Crippen molar-refractivity contribution in [3.8, 4) is 6.07 Å². The highest BCUT2D eigenvalue weighted by atomic mass is 19.4. The molecule has 8 heteroatoms. The summed E-state index contributed by atoms with van der Waals surface area (Å²) in [6, 6.07) is 1.11. The van der Waals surface area contributed by atoms with Crippen molar-refractivity contribution in [2.24, 2.45) is 0 Å². The highest BCUT2D eigenvalue weighted by Gasteiger charge is 2.35. The van der Waals surface area contributed by atoms with Crippen molar-refractivity contribution in [3.63, 3.8) is 0 Å². The number of nitriles is 1. The topological polar surface area (TPSA) is 73.0 Å². The molecule has 0 saturated heterocycles. The summed E-state index contributed by atoms with van der Waals surface area (Å²) in [6.45, 7) is 3.21. The van der Waals surface area contributed by atoms with Gasteiger partial charge in [-0.15, -0.1) is 0 Å². The molecule has 1 saturated carbocycles. The summed E-state index contributed by atoms with van der Waals surface area (Å²) >= 11 is 0. The zero-order valence-corrected chi connectivity index (χ0v) is 18.9.